The zero-order chi connectivity index (χ0) is 20.8. The molecule has 0 spiro atoms. The van der Waals surface area contributed by atoms with Gasteiger partial charge in [0.15, 0.2) is 11.5 Å². The molecule has 3 nitrogen and oxygen atoms in total. The highest BCUT2D eigenvalue weighted by atomic mass is 16.5. The summed E-state index contributed by atoms with van der Waals surface area (Å²) in [5, 5.41) is 2.37. The molecule has 152 valence electrons. The van der Waals surface area contributed by atoms with E-state index >= 15 is 0 Å². The minimum absolute atomic E-state index is 0.249. The highest BCUT2D eigenvalue weighted by Gasteiger charge is 2.11. The second kappa shape index (κ2) is 9.36. The third kappa shape index (κ3) is 4.74. The first-order chi connectivity index (χ1) is 14.7. The predicted molar refractivity (Wildman–Crippen MR) is 122 cm³/mol. The van der Waals surface area contributed by atoms with Crippen molar-refractivity contribution in [3.05, 3.63) is 102 Å². The lowest BCUT2D eigenvalue weighted by Crippen LogP contribution is -2.08. The van der Waals surface area contributed by atoms with Crippen LogP contribution in [0.1, 0.15) is 24.0 Å². The molecule has 4 aromatic carbocycles. The van der Waals surface area contributed by atoms with Gasteiger partial charge in [0.25, 0.3) is 0 Å². The van der Waals surface area contributed by atoms with Crippen LogP contribution >= 0.6 is 0 Å². The van der Waals surface area contributed by atoms with Crippen molar-refractivity contribution >= 4 is 10.8 Å². The lowest BCUT2D eigenvalue weighted by atomic mass is 9.98. The van der Waals surface area contributed by atoms with Crippen LogP contribution in [0.5, 0.6) is 17.2 Å². The lowest BCUT2D eigenvalue weighted by Gasteiger charge is -2.17. The number of hydrogen-bond acceptors (Lipinski definition) is 3. The Balaban J connectivity index is 1.42. The lowest BCUT2D eigenvalue weighted by molar-refractivity contribution is 0.253. The number of hydrogen-bond donors (Lipinski definition) is 0. The van der Waals surface area contributed by atoms with Crippen LogP contribution in [0.3, 0.4) is 0 Å². The smallest absolute Gasteiger partial charge is 0.161 e. The highest BCUT2D eigenvalue weighted by Crippen LogP contribution is 2.30. The second-order valence-electron chi connectivity index (χ2n) is 7.41. The molecule has 0 N–H and O–H groups in total. The van der Waals surface area contributed by atoms with Gasteiger partial charge in [0, 0.05) is 5.92 Å². The van der Waals surface area contributed by atoms with Crippen LogP contribution in [0.25, 0.3) is 10.8 Å². The van der Waals surface area contributed by atoms with E-state index in [2.05, 4.69) is 49.4 Å². The van der Waals surface area contributed by atoms with Gasteiger partial charge in [-0.1, -0.05) is 73.7 Å². The summed E-state index contributed by atoms with van der Waals surface area (Å²) < 4.78 is 17.5. The summed E-state index contributed by atoms with van der Waals surface area (Å²) in [5.41, 5.74) is 2.38. The number of rotatable bonds is 8. The fourth-order valence-corrected chi connectivity index (χ4v) is 3.41. The third-order valence-corrected chi connectivity index (χ3v) is 5.22. The maximum absolute atomic E-state index is 6.15. The van der Waals surface area contributed by atoms with Gasteiger partial charge in [0.1, 0.15) is 12.4 Å². The fraction of sp³-hybridized carbons (Fsp3) is 0.185. The van der Waals surface area contributed by atoms with Gasteiger partial charge in [-0.05, 0) is 46.2 Å². The summed E-state index contributed by atoms with van der Waals surface area (Å²) in [7, 11) is 1.69. The van der Waals surface area contributed by atoms with Crippen molar-refractivity contribution in [1.29, 1.82) is 0 Å². The Labute approximate surface area is 177 Å². The summed E-state index contributed by atoms with van der Waals surface area (Å²) in [6, 6.07) is 30.7. The zero-order valence-electron chi connectivity index (χ0n) is 17.4. The molecule has 0 bridgehead atoms. The SMILES string of the molecule is COc1ccc2cc([C@H](C)COc3ccccc3OCc3ccccc3)ccc2c1. The maximum Gasteiger partial charge on any atom is 0.161 e. The van der Waals surface area contributed by atoms with E-state index in [0.29, 0.717) is 13.2 Å². The molecule has 0 amide bonds. The Bertz CT molecular complexity index is 1110. The predicted octanol–water partition coefficient (Wildman–Crippen LogP) is 6.61. The van der Waals surface area contributed by atoms with Gasteiger partial charge in [-0.2, -0.15) is 0 Å². The molecule has 0 unspecified atom stereocenters. The normalized spacial score (nSPS) is 11.8. The first kappa shape index (κ1) is 19.8. The van der Waals surface area contributed by atoms with E-state index in [1.807, 2.05) is 48.5 Å². The van der Waals surface area contributed by atoms with Gasteiger partial charge in [-0.3, -0.25) is 0 Å². The second-order valence-corrected chi connectivity index (χ2v) is 7.41. The van der Waals surface area contributed by atoms with Gasteiger partial charge < -0.3 is 14.2 Å². The van der Waals surface area contributed by atoms with E-state index in [1.54, 1.807) is 7.11 Å². The van der Waals surface area contributed by atoms with E-state index in [4.69, 9.17) is 14.2 Å². The Kier molecular flexibility index (Phi) is 6.19. The highest BCUT2D eigenvalue weighted by molar-refractivity contribution is 5.84. The average Bonchev–Trinajstić information content (AvgIpc) is 2.81. The largest absolute Gasteiger partial charge is 0.497 e. The van der Waals surface area contributed by atoms with Crippen LogP contribution in [0.2, 0.25) is 0 Å². The number of ether oxygens (including phenoxy) is 3. The van der Waals surface area contributed by atoms with Crippen molar-refractivity contribution in [2.75, 3.05) is 13.7 Å². The van der Waals surface area contributed by atoms with E-state index in [0.717, 1.165) is 22.8 Å². The van der Waals surface area contributed by atoms with Crippen molar-refractivity contribution in [3.8, 4) is 17.2 Å². The van der Waals surface area contributed by atoms with Crippen LogP contribution in [0.4, 0.5) is 0 Å². The van der Waals surface area contributed by atoms with Crippen molar-refractivity contribution in [1.82, 2.24) is 0 Å². The van der Waals surface area contributed by atoms with Gasteiger partial charge in [0.05, 0.1) is 13.7 Å². The summed E-state index contributed by atoms with van der Waals surface area (Å²) in [6.45, 7) is 3.27. The van der Waals surface area contributed by atoms with E-state index in [9.17, 15) is 0 Å². The Morgan fingerprint density at radius 1 is 0.700 bits per heavy atom. The maximum atomic E-state index is 6.15. The molecule has 4 rings (SSSR count). The molecule has 0 saturated carbocycles. The molecule has 3 heteroatoms. The molecular weight excluding hydrogens is 372 g/mol. The first-order valence-corrected chi connectivity index (χ1v) is 10.2. The van der Waals surface area contributed by atoms with Crippen LogP contribution in [0, 0.1) is 0 Å². The van der Waals surface area contributed by atoms with Crippen molar-refractivity contribution in [3.63, 3.8) is 0 Å². The minimum atomic E-state index is 0.249. The number of methoxy groups -OCH3 is 1. The molecular formula is C27H26O3. The molecule has 0 fully saturated rings. The summed E-state index contributed by atoms with van der Waals surface area (Å²) in [5.74, 6) is 2.65. The molecule has 1 atom stereocenters. The number of benzene rings is 4. The molecule has 4 aromatic rings. The summed E-state index contributed by atoms with van der Waals surface area (Å²) in [4.78, 5) is 0. The third-order valence-electron chi connectivity index (χ3n) is 5.22. The summed E-state index contributed by atoms with van der Waals surface area (Å²) in [6.07, 6.45) is 0. The van der Waals surface area contributed by atoms with Crippen molar-refractivity contribution in [2.45, 2.75) is 19.4 Å². The van der Waals surface area contributed by atoms with Crippen LogP contribution in [0.15, 0.2) is 91.0 Å². The van der Waals surface area contributed by atoms with E-state index in [1.165, 1.54) is 16.3 Å². The quantitative estimate of drug-likeness (QED) is 0.334. The molecule has 0 aliphatic rings. The molecule has 0 aliphatic carbocycles. The zero-order valence-corrected chi connectivity index (χ0v) is 17.4. The number of para-hydroxylation sites is 2. The first-order valence-electron chi connectivity index (χ1n) is 10.2. The van der Waals surface area contributed by atoms with Gasteiger partial charge in [0.2, 0.25) is 0 Å². The monoisotopic (exact) mass is 398 g/mol. The van der Waals surface area contributed by atoms with Crippen LogP contribution in [-0.4, -0.2) is 13.7 Å². The molecule has 0 radical (unpaired) electrons. The van der Waals surface area contributed by atoms with E-state index in [-0.39, 0.29) is 5.92 Å². The molecule has 0 aromatic heterocycles. The minimum Gasteiger partial charge on any atom is -0.497 e. The average molecular weight is 399 g/mol. The Hall–Kier alpha value is -3.46. The summed E-state index contributed by atoms with van der Waals surface area (Å²) >= 11 is 0. The molecule has 0 aliphatic heterocycles. The standard InChI is InChI=1S/C27H26O3/c1-20(22-12-13-24-17-25(28-2)15-14-23(24)16-22)18-29-26-10-6-7-11-27(26)30-19-21-8-4-3-5-9-21/h3-17,20H,18-19H2,1-2H3/t20-/m1/s1. The molecule has 0 heterocycles. The van der Waals surface area contributed by atoms with Gasteiger partial charge in [-0.25, -0.2) is 0 Å². The van der Waals surface area contributed by atoms with Crippen molar-refractivity contribution in [2.24, 2.45) is 0 Å². The van der Waals surface area contributed by atoms with Crippen LogP contribution in [-0.2, 0) is 6.61 Å². The topological polar surface area (TPSA) is 27.7 Å². The van der Waals surface area contributed by atoms with Crippen LogP contribution < -0.4 is 14.2 Å². The number of fused-ring (bicyclic) bond motifs is 1. The molecule has 0 saturated heterocycles. The Morgan fingerprint density at radius 2 is 1.37 bits per heavy atom. The fourth-order valence-electron chi connectivity index (χ4n) is 3.41. The van der Waals surface area contributed by atoms with Gasteiger partial charge >= 0.3 is 0 Å². The van der Waals surface area contributed by atoms with Gasteiger partial charge in [-0.15, -0.1) is 0 Å². The Morgan fingerprint density at radius 3 is 2.13 bits per heavy atom. The molecule has 30 heavy (non-hydrogen) atoms. The van der Waals surface area contributed by atoms with E-state index < -0.39 is 0 Å². The van der Waals surface area contributed by atoms with Crippen molar-refractivity contribution < 1.29 is 14.2 Å².